The maximum absolute atomic E-state index is 12.8. The largest absolute Gasteiger partial charge is 0.344 e. The number of anilines is 1. The lowest BCUT2D eigenvalue weighted by Crippen LogP contribution is -2.52. The molecule has 1 spiro atoms. The van der Waals surface area contributed by atoms with Gasteiger partial charge in [-0.3, -0.25) is 19.8 Å². The van der Waals surface area contributed by atoms with Crippen LogP contribution in [0.4, 0.5) is 10.5 Å². The van der Waals surface area contributed by atoms with Gasteiger partial charge in [-0.2, -0.15) is 5.01 Å². The lowest BCUT2D eigenvalue weighted by atomic mass is 9.82. The number of hydrogen-bond acceptors (Lipinski definition) is 4. The van der Waals surface area contributed by atoms with E-state index in [-0.39, 0.29) is 18.9 Å². The van der Waals surface area contributed by atoms with Crippen LogP contribution in [0, 0.1) is 5.92 Å². The fourth-order valence-corrected chi connectivity index (χ4v) is 4.44. The zero-order valence-corrected chi connectivity index (χ0v) is 16.0. The fourth-order valence-electron chi connectivity index (χ4n) is 4.20. The number of nitrogens with zero attached hydrogens (tertiary/aromatic N) is 2. The first-order chi connectivity index (χ1) is 13.4. The van der Waals surface area contributed by atoms with Crippen molar-refractivity contribution in [2.75, 3.05) is 11.4 Å². The first-order valence-electron chi connectivity index (χ1n) is 9.43. The topological polar surface area (TPSA) is 98.8 Å². The Kier molecular flexibility index (Phi) is 4.74. The first-order valence-corrected chi connectivity index (χ1v) is 9.81. The van der Waals surface area contributed by atoms with Crippen molar-refractivity contribution in [2.24, 2.45) is 5.92 Å². The van der Waals surface area contributed by atoms with Crippen molar-refractivity contribution in [3.05, 3.63) is 29.3 Å². The number of carbonyl (C=O) groups is 4. The zero-order valence-electron chi connectivity index (χ0n) is 15.2. The molecule has 1 aliphatic carbocycles. The average molecular weight is 405 g/mol. The Bertz CT molecular complexity index is 852. The molecule has 4 rings (SSSR count). The summed E-state index contributed by atoms with van der Waals surface area (Å²) in [6, 6.07) is 6.29. The van der Waals surface area contributed by atoms with Crippen LogP contribution >= 0.6 is 11.6 Å². The fraction of sp³-hybridized carbons (Fsp3) is 0.474. The predicted molar refractivity (Wildman–Crippen MR) is 101 cm³/mol. The lowest BCUT2D eigenvalue weighted by Gasteiger charge is -2.30. The highest BCUT2D eigenvalue weighted by atomic mass is 35.5. The zero-order chi connectivity index (χ0) is 19.9. The minimum Gasteiger partial charge on any atom is -0.322 e. The number of nitrogens with one attached hydrogen (secondary N) is 2. The van der Waals surface area contributed by atoms with Crippen LogP contribution in [-0.4, -0.2) is 40.8 Å². The second kappa shape index (κ2) is 7.09. The summed E-state index contributed by atoms with van der Waals surface area (Å²) in [4.78, 5) is 51.6. The summed E-state index contributed by atoms with van der Waals surface area (Å²) in [7, 11) is 0. The number of hydrogen-bond donors (Lipinski definition) is 2. The van der Waals surface area contributed by atoms with Crippen molar-refractivity contribution in [2.45, 2.75) is 44.1 Å². The minimum atomic E-state index is -0.905. The van der Waals surface area contributed by atoms with Gasteiger partial charge in [0, 0.05) is 13.0 Å². The second-order valence-corrected chi connectivity index (χ2v) is 7.95. The van der Waals surface area contributed by atoms with Crippen molar-refractivity contribution < 1.29 is 19.2 Å². The molecule has 3 fully saturated rings. The molecule has 9 heteroatoms. The monoisotopic (exact) mass is 404 g/mol. The molecule has 2 saturated heterocycles. The van der Waals surface area contributed by atoms with Gasteiger partial charge in [0.25, 0.3) is 5.91 Å². The van der Waals surface area contributed by atoms with Crippen molar-refractivity contribution in [1.29, 1.82) is 0 Å². The van der Waals surface area contributed by atoms with Gasteiger partial charge in [-0.05, 0) is 25.0 Å². The number of halogens is 1. The molecule has 1 atom stereocenters. The molecular formula is C19H21ClN4O4. The smallest absolute Gasteiger partial charge is 0.322 e. The summed E-state index contributed by atoms with van der Waals surface area (Å²) in [5.74, 6) is -1.85. The summed E-state index contributed by atoms with van der Waals surface area (Å²) in [6.07, 6.45) is 3.89. The summed E-state index contributed by atoms with van der Waals surface area (Å²) >= 11 is 6.15. The van der Waals surface area contributed by atoms with Crippen LogP contribution in [0.1, 0.15) is 38.5 Å². The molecule has 1 saturated carbocycles. The minimum absolute atomic E-state index is 0.00809. The Labute approximate surface area is 167 Å². The van der Waals surface area contributed by atoms with Crippen molar-refractivity contribution in [1.82, 2.24) is 15.8 Å². The van der Waals surface area contributed by atoms with E-state index < -0.39 is 29.3 Å². The Hall–Kier alpha value is -2.61. The van der Waals surface area contributed by atoms with E-state index in [9.17, 15) is 19.2 Å². The van der Waals surface area contributed by atoms with E-state index in [0.29, 0.717) is 23.6 Å². The van der Waals surface area contributed by atoms with E-state index in [0.717, 1.165) is 24.3 Å². The van der Waals surface area contributed by atoms with Gasteiger partial charge in [0.15, 0.2) is 0 Å². The van der Waals surface area contributed by atoms with Crippen molar-refractivity contribution in [3.63, 3.8) is 0 Å². The van der Waals surface area contributed by atoms with Crippen LogP contribution in [0.2, 0.25) is 5.02 Å². The van der Waals surface area contributed by atoms with E-state index in [1.165, 1.54) is 4.90 Å². The standard InChI is InChI=1S/C19H21ClN4O4/c20-13-6-2-3-7-14(13)23-11-12(10-15(23)25)16(26)22-24-17(27)19(21-18(24)28)8-4-1-5-9-19/h2-3,6-7,12H,1,4-5,8-11H2,(H,21,28)(H,22,26)/t12-/m0/s1. The van der Waals surface area contributed by atoms with E-state index >= 15 is 0 Å². The van der Waals surface area contributed by atoms with Crippen LogP contribution in [0.15, 0.2) is 24.3 Å². The Balaban J connectivity index is 1.44. The molecule has 0 radical (unpaired) electrons. The Morgan fingerprint density at radius 2 is 1.86 bits per heavy atom. The molecule has 0 aromatic heterocycles. The molecule has 2 N–H and O–H groups in total. The van der Waals surface area contributed by atoms with Gasteiger partial charge in [0.1, 0.15) is 5.54 Å². The molecule has 8 nitrogen and oxygen atoms in total. The number of benzene rings is 1. The van der Waals surface area contributed by atoms with Gasteiger partial charge in [0.2, 0.25) is 11.8 Å². The van der Waals surface area contributed by atoms with Crippen molar-refractivity contribution in [3.8, 4) is 0 Å². The Morgan fingerprint density at radius 1 is 1.14 bits per heavy atom. The second-order valence-electron chi connectivity index (χ2n) is 7.55. The molecule has 3 aliphatic rings. The van der Waals surface area contributed by atoms with E-state index in [2.05, 4.69) is 10.7 Å². The number of amides is 5. The van der Waals surface area contributed by atoms with Crippen LogP contribution in [0.3, 0.4) is 0 Å². The van der Waals surface area contributed by atoms with Crippen molar-refractivity contribution >= 4 is 41.0 Å². The van der Waals surface area contributed by atoms with E-state index in [1.807, 2.05) is 0 Å². The molecule has 28 heavy (non-hydrogen) atoms. The molecule has 0 bridgehead atoms. The molecule has 2 aliphatic heterocycles. The summed E-state index contributed by atoms with van der Waals surface area (Å²) < 4.78 is 0. The molecule has 1 aromatic carbocycles. The summed E-state index contributed by atoms with van der Waals surface area (Å²) in [5.41, 5.74) is 2.06. The number of rotatable bonds is 3. The predicted octanol–water partition coefficient (Wildman–Crippen LogP) is 1.98. The van der Waals surface area contributed by atoms with Crippen LogP contribution in [0.25, 0.3) is 0 Å². The number of carbonyl (C=O) groups excluding carboxylic acids is 4. The quantitative estimate of drug-likeness (QED) is 0.752. The summed E-state index contributed by atoms with van der Waals surface area (Å²) in [5, 5.41) is 3.94. The molecule has 0 unspecified atom stereocenters. The van der Waals surface area contributed by atoms with Crippen LogP contribution in [0.5, 0.6) is 0 Å². The number of hydrazine groups is 1. The first kappa shape index (κ1) is 18.7. The van der Waals surface area contributed by atoms with Gasteiger partial charge in [0.05, 0.1) is 16.6 Å². The summed E-state index contributed by atoms with van der Waals surface area (Å²) in [6.45, 7) is 0.142. The molecular weight excluding hydrogens is 384 g/mol. The van der Waals surface area contributed by atoms with Gasteiger partial charge in [-0.25, -0.2) is 4.79 Å². The number of imide groups is 1. The number of para-hydroxylation sites is 1. The number of urea groups is 1. The average Bonchev–Trinajstić information content (AvgIpc) is 3.16. The van der Waals surface area contributed by atoms with Gasteiger partial charge < -0.3 is 10.2 Å². The normalized spacial score (nSPS) is 24.0. The van der Waals surface area contributed by atoms with Crippen LogP contribution in [-0.2, 0) is 14.4 Å². The van der Waals surface area contributed by atoms with Crippen LogP contribution < -0.4 is 15.6 Å². The molecule has 148 valence electrons. The third kappa shape index (κ3) is 3.11. The molecule has 2 heterocycles. The highest BCUT2D eigenvalue weighted by molar-refractivity contribution is 6.33. The molecule has 1 aromatic rings. The van der Waals surface area contributed by atoms with Gasteiger partial charge >= 0.3 is 6.03 Å². The third-order valence-corrected chi connectivity index (χ3v) is 6.05. The van der Waals surface area contributed by atoms with Gasteiger partial charge in [-0.1, -0.05) is 43.0 Å². The third-order valence-electron chi connectivity index (χ3n) is 5.73. The lowest BCUT2D eigenvalue weighted by molar-refractivity contribution is -0.141. The van der Waals surface area contributed by atoms with Gasteiger partial charge in [-0.15, -0.1) is 0 Å². The SMILES string of the molecule is O=C(NN1C(=O)NC2(CCCCC2)C1=O)[C@H]1CC(=O)N(c2ccccc2Cl)C1. The highest BCUT2D eigenvalue weighted by Gasteiger charge is 2.52. The highest BCUT2D eigenvalue weighted by Crippen LogP contribution is 2.34. The van der Waals surface area contributed by atoms with E-state index in [4.69, 9.17) is 11.6 Å². The maximum Gasteiger partial charge on any atom is 0.344 e. The maximum atomic E-state index is 12.8. The molecule has 5 amide bonds. The van der Waals surface area contributed by atoms with E-state index in [1.54, 1.807) is 24.3 Å². The Morgan fingerprint density at radius 3 is 2.57 bits per heavy atom.